The molecule has 2 amide bonds. The Labute approximate surface area is 309 Å². The molecule has 0 atom stereocenters. The Hall–Kier alpha value is -6.08. The van der Waals surface area contributed by atoms with Gasteiger partial charge in [-0.1, -0.05) is 49.0 Å². The molecule has 17 heteroatoms. The van der Waals surface area contributed by atoms with E-state index >= 15 is 0 Å². The van der Waals surface area contributed by atoms with Gasteiger partial charge in [-0.15, -0.1) is 0 Å². The van der Waals surface area contributed by atoms with E-state index in [9.17, 15) is 31.0 Å². The number of aryl methyl sites for hydroxylation is 2. The van der Waals surface area contributed by atoms with Crippen LogP contribution < -0.4 is 42.9 Å². The number of amides is 2. The number of hydrogen-bond acceptors (Lipinski definition) is 12. The lowest BCUT2D eigenvalue weighted by atomic mass is 9.92. The zero-order valence-electron chi connectivity index (χ0n) is 28.9. The summed E-state index contributed by atoms with van der Waals surface area (Å²) >= 11 is 0. The molecule has 8 N–H and O–H groups in total. The predicted molar refractivity (Wildman–Crippen MR) is 201 cm³/mol. The molecule has 0 unspecified atom stereocenters. The fraction of sp³-hybridized carbons (Fsp3) is 0.0811. The van der Waals surface area contributed by atoms with Crippen LogP contribution in [-0.4, -0.2) is 33.4 Å². The molecule has 1 heterocycles. The minimum atomic E-state index is -4.75. The minimum absolute atomic E-state index is 0.0371. The summed E-state index contributed by atoms with van der Waals surface area (Å²) in [7, 11) is -9.42. The van der Waals surface area contributed by atoms with Gasteiger partial charge < -0.3 is 25.5 Å². The number of nitrogens with one attached hydrogen (secondary N) is 3. The van der Waals surface area contributed by atoms with Gasteiger partial charge in [-0.3, -0.25) is 4.55 Å². The highest BCUT2D eigenvalue weighted by atomic mass is 32.2. The highest BCUT2D eigenvalue weighted by molar-refractivity contribution is 7.87. The van der Waals surface area contributed by atoms with Crippen molar-refractivity contribution in [2.75, 3.05) is 16.0 Å². The molecule has 0 radical (unpaired) electrons. The number of urea groups is 1. The molecule has 1 aliphatic rings. The van der Waals surface area contributed by atoms with Crippen molar-refractivity contribution in [2.24, 2.45) is 11.8 Å². The van der Waals surface area contributed by atoms with Crippen LogP contribution in [0.2, 0.25) is 0 Å². The van der Waals surface area contributed by atoms with E-state index in [4.69, 9.17) is 16.5 Å². The second-order valence-electron chi connectivity index (χ2n) is 12.2. The van der Waals surface area contributed by atoms with E-state index in [1.54, 1.807) is 57.2 Å². The minimum Gasteiger partial charge on any atom is -0.456 e. The molecule has 0 spiro atoms. The number of nitrogens with two attached hydrogens (primary N) is 2. The first-order valence-electron chi connectivity index (χ1n) is 15.9. The number of rotatable bonds is 9. The van der Waals surface area contributed by atoms with E-state index in [2.05, 4.69) is 31.7 Å². The van der Waals surface area contributed by atoms with Gasteiger partial charge in [0.2, 0.25) is 0 Å². The molecular formula is C37H33N5O10S2. The smallest absolute Gasteiger partial charge is 0.356 e. The van der Waals surface area contributed by atoms with E-state index in [1.165, 1.54) is 48.5 Å². The molecule has 5 aromatic rings. The summed E-state index contributed by atoms with van der Waals surface area (Å²) in [5, 5.41) is 9.60. The molecule has 0 aromatic heterocycles. The number of carbonyl (C=O) groups excluding carboxylic acids is 2. The Morgan fingerprint density at radius 3 is 2.20 bits per heavy atom. The molecule has 0 aliphatic carbocycles. The summed E-state index contributed by atoms with van der Waals surface area (Å²) in [6, 6.07) is 20.4. The lowest BCUT2D eigenvalue weighted by Crippen LogP contribution is -2.22. The van der Waals surface area contributed by atoms with Crippen molar-refractivity contribution in [1.29, 1.82) is 0 Å². The van der Waals surface area contributed by atoms with Gasteiger partial charge in [-0.05, 0) is 79.1 Å². The Morgan fingerprint density at radius 2 is 1.50 bits per heavy atom. The molecule has 5 aromatic carbocycles. The van der Waals surface area contributed by atoms with Gasteiger partial charge >= 0.3 is 22.1 Å². The third kappa shape index (κ3) is 7.27. The summed E-state index contributed by atoms with van der Waals surface area (Å²) in [5.41, 5.74) is 3.49. The summed E-state index contributed by atoms with van der Waals surface area (Å²) < 4.78 is 72.9. The Balaban J connectivity index is 1.47. The van der Waals surface area contributed by atoms with E-state index in [1.807, 2.05) is 0 Å². The van der Waals surface area contributed by atoms with Crippen LogP contribution in [0.25, 0.3) is 12.2 Å². The number of carbonyl (C=O) groups is 2. The highest BCUT2D eigenvalue weighted by Crippen LogP contribution is 2.44. The zero-order chi connectivity index (χ0) is 39.1. The first kappa shape index (κ1) is 37.7. The number of hydrogen-bond donors (Lipinski definition) is 6. The van der Waals surface area contributed by atoms with Gasteiger partial charge in [0.1, 0.15) is 21.3 Å². The van der Waals surface area contributed by atoms with Crippen LogP contribution in [0.1, 0.15) is 38.2 Å². The fourth-order valence-electron chi connectivity index (χ4n) is 6.28. The van der Waals surface area contributed by atoms with Crippen molar-refractivity contribution in [3.8, 4) is 11.5 Å². The van der Waals surface area contributed by atoms with Crippen molar-refractivity contribution in [3.05, 3.63) is 129 Å². The zero-order valence-corrected chi connectivity index (χ0v) is 30.5. The summed E-state index contributed by atoms with van der Waals surface area (Å²) in [6.45, 7) is 9.22. The molecule has 6 rings (SSSR count). The van der Waals surface area contributed by atoms with Gasteiger partial charge in [0.25, 0.3) is 10.1 Å². The monoisotopic (exact) mass is 771 g/mol. The molecule has 0 fully saturated rings. The molecule has 1 aliphatic heterocycles. The van der Waals surface area contributed by atoms with Crippen LogP contribution in [0.3, 0.4) is 0 Å². The molecule has 278 valence electrons. The SMILES string of the molecule is C=c1ccc2c(c1)Oc1cc(Nc3c(C)cc(C)c(NC(=O)Nc4cccc(C(=O)ON)c4)c3C)c(S(=O)(=O)ON)cc1C=2c1ccccc1S(=O)(=O)O. The van der Waals surface area contributed by atoms with Crippen LogP contribution in [-0.2, 0) is 29.4 Å². The number of ether oxygens (including phenoxy) is 1. The lowest BCUT2D eigenvalue weighted by molar-refractivity contribution is 0.0503. The Morgan fingerprint density at radius 1 is 0.778 bits per heavy atom. The van der Waals surface area contributed by atoms with Crippen LogP contribution in [0.15, 0.2) is 94.7 Å². The van der Waals surface area contributed by atoms with Crippen LogP contribution in [0.4, 0.5) is 27.5 Å². The largest absolute Gasteiger partial charge is 0.456 e. The quantitative estimate of drug-likeness (QED) is 0.0870. The van der Waals surface area contributed by atoms with Crippen LogP contribution in [0.5, 0.6) is 11.5 Å². The second kappa shape index (κ2) is 14.4. The van der Waals surface area contributed by atoms with Crippen molar-refractivity contribution < 1.29 is 44.8 Å². The molecular weight excluding hydrogens is 739 g/mol. The van der Waals surface area contributed by atoms with E-state index < -0.39 is 42.0 Å². The van der Waals surface area contributed by atoms with Gasteiger partial charge in [0.15, 0.2) is 0 Å². The maximum Gasteiger partial charge on any atom is 0.356 e. The molecule has 54 heavy (non-hydrogen) atoms. The summed E-state index contributed by atoms with van der Waals surface area (Å²) in [5.74, 6) is 9.89. The topological polar surface area (TPSA) is 238 Å². The van der Waals surface area contributed by atoms with Crippen molar-refractivity contribution in [1.82, 2.24) is 0 Å². The molecule has 0 saturated carbocycles. The Bertz CT molecular complexity index is 2740. The maximum atomic E-state index is 13.5. The second-order valence-corrected chi connectivity index (χ2v) is 15.2. The third-order valence-corrected chi connectivity index (χ3v) is 10.7. The van der Waals surface area contributed by atoms with E-state index in [-0.39, 0.29) is 45.1 Å². The summed E-state index contributed by atoms with van der Waals surface area (Å²) in [6.07, 6.45) is 0. The Kier molecular flexibility index (Phi) is 10.0. The van der Waals surface area contributed by atoms with Crippen LogP contribution in [0, 0.1) is 20.8 Å². The van der Waals surface area contributed by atoms with Crippen molar-refractivity contribution in [3.63, 3.8) is 0 Å². The normalized spacial score (nSPS) is 12.2. The average molecular weight is 772 g/mol. The molecule has 0 saturated heterocycles. The molecule has 15 nitrogen and oxygen atoms in total. The van der Waals surface area contributed by atoms with Gasteiger partial charge in [0, 0.05) is 39.4 Å². The van der Waals surface area contributed by atoms with Gasteiger partial charge in [-0.25, -0.2) is 9.59 Å². The van der Waals surface area contributed by atoms with E-state index in [0.29, 0.717) is 38.5 Å². The number of benzene rings is 5. The van der Waals surface area contributed by atoms with Gasteiger partial charge in [-0.2, -0.15) is 32.9 Å². The predicted octanol–water partition coefficient (Wildman–Crippen LogP) is 4.62. The first-order valence-corrected chi connectivity index (χ1v) is 18.7. The van der Waals surface area contributed by atoms with Crippen molar-refractivity contribution >= 4 is 67.1 Å². The standard InChI is InChI=1S/C37H33N5O10S2/c1-19-12-13-25-29(14-19)50-30-18-28(32(54(48,49)52-39)17-27(30)33(25)26-10-5-6-11-31(26)53(45,46)47)41-34-20(2)15-21(3)35(22(34)4)42-37(44)40-24-9-7-8-23(16-24)36(43)51-38/h5-18,41H,1,38-39H2,2-4H3,(H2,40,42,44)(H,45,46,47). The molecule has 0 bridgehead atoms. The maximum absolute atomic E-state index is 13.5. The van der Waals surface area contributed by atoms with Crippen molar-refractivity contribution in [2.45, 2.75) is 30.6 Å². The number of fused-ring (bicyclic) bond motifs is 2. The fourth-order valence-corrected chi connectivity index (χ4v) is 7.72. The van der Waals surface area contributed by atoms with E-state index in [0.717, 1.165) is 0 Å². The first-order chi connectivity index (χ1) is 25.5. The van der Waals surface area contributed by atoms with Crippen LogP contribution >= 0.6 is 0 Å². The highest BCUT2D eigenvalue weighted by Gasteiger charge is 2.30. The average Bonchev–Trinajstić information content (AvgIpc) is 3.13. The lowest BCUT2D eigenvalue weighted by Gasteiger charge is -2.25. The van der Waals surface area contributed by atoms with Gasteiger partial charge in [0.05, 0.1) is 16.9 Å². The number of anilines is 4. The third-order valence-electron chi connectivity index (χ3n) is 8.65. The summed E-state index contributed by atoms with van der Waals surface area (Å²) in [4.78, 5) is 28.4.